The van der Waals surface area contributed by atoms with Crippen molar-refractivity contribution in [2.24, 2.45) is 7.05 Å². The molecule has 2 heterocycles. The topological polar surface area (TPSA) is 56.7 Å². The summed E-state index contributed by atoms with van der Waals surface area (Å²) < 4.78 is 1.75. The fraction of sp³-hybridized carbons (Fsp3) is 0.200. The van der Waals surface area contributed by atoms with Crippen LogP contribution in [0, 0.1) is 0 Å². The van der Waals surface area contributed by atoms with Gasteiger partial charge in [0, 0.05) is 7.05 Å². The van der Waals surface area contributed by atoms with E-state index >= 15 is 0 Å². The maximum absolute atomic E-state index is 5.82. The third kappa shape index (κ3) is 2.28. The third-order valence-corrected chi connectivity index (χ3v) is 2.36. The summed E-state index contributed by atoms with van der Waals surface area (Å²) in [5.74, 6) is 0. The molecule has 0 aliphatic rings. The first-order valence-electron chi connectivity index (χ1n) is 4.51. The van der Waals surface area contributed by atoms with Gasteiger partial charge in [-0.05, 0) is 6.92 Å². The highest BCUT2D eigenvalue weighted by atomic mass is 35.5. The number of nitrogens with zero attached hydrogens (tertiary/aromatic N) is 3. The predicted molar refractivity (Wildman–Crippen MR) is 68.8 cm³/mol. The fourth-order valence-electron chi connectivity index (χ4n) is 1.20. The second kappa shape index (κ2) is 5.18. The molecule has 0 radical (unpaired) electrons. The van der Waals surface area contributed by atoms with Crippen LogP contribution in [0.2, 0.25) is 10.3 Å². The first kappa shape index (κ1) is 12.8. The average Bonchev–Trinajstić information content (AvgIpc) is 2.59. The highest BCUT2D eigenvalue weighted by Gasteiger charge is 2.12. The molecule has 2 aromatic rings. The number of fused-ring (bicyclic) bond motifs is 1. The molecule has 0 aliphatic heterocycles. The molecular formula is C10H12Cl2N4. The van der Waals surface area contributed by atoms with E-state index in [0.717, 1.165) is 0 Å². The van der Waals surface area contributed by atoms with Crippen LogP contribution in [0.3, 0.4) is 0 Å². The first-order chi connectivity index (χ1) is 7.52. The van der Waals surface area contributed by atoms with Gasteiger partial charge in [0.05, 0.1) is 17.5 Å². The minimum atomic E-state index is 0.209. The number of aromatic nitrogens is 3. The maximum atomic E-state index is 5.82. The molecule has 0 spiro atoms. The third-order valence-electron chi connectivity index (χ3n) is 1.81. The van der Waals surface area contributed by atoms with Crippen LogP contribution in [-0.2, 0) is 7.05 Å². The Bertz CT molecular complexity index is 519. The number of hydrogen-bond donors (Lipinski definition) is 1. The number of pyridine rings is 1. The van der Waals surface area contributed by atoms with Gasteiger partial charge < -0.3 is 10.3 Å². The molecule has 0 fully saturated rings. The molecule has 2 N–H and O–H groups in total. The lowest BCUT2D eigenvalue weighted by Crippen LogP contribution is -1.95. The summed E-state index contributed by atoms with van der Waals surface area (Å²) in [5, 5.41) is 0.482. The van der Waals surface area contributed by atoms with Gasteiger partial charge in [0.2, 0.25) is 0 Å². The molecular weight excluding hydrogens is 247 g/mol. The molecule has 2 aromatic heterocycles. The number of nitrogens with two attached hydrogens (primary N) is 1. The number of imidazole rings is 1. The molecule has 0 aromatic carbocycles. The fourth-order valence-corrected chi connectivity index (χ4v) is 1.64. The second-order valence-corrected chi connectivity index (χ2v) is 3.78. The van der Waals surface area contributed by atoms with Gasteiger partial charge in [-0.1, -0.05) is 29.3 Å². The molecule has 0 amide bonds. The van der Waals surface area contributed by atoms with Crippen LogP contribution in [-0.4, -0.2) is 14.5 Å². The quantitative estimate of drug-likeness (QED) is 0.584. The van der Waals surface area contributed by atoms with Crippen LogP contribution in [0.4, 0.5) is 5.69 Å². The zero-order valence-corrected chi connectivity index (χ0v) is 10.5. The number of hydrogen-bond acceptors (Lipinski definition) is 3. The van der Waals surface area contributed by atoms with Crippen LogP contribution in [0.5, 0.6) is 0 Å². The molecule has 86 valence electrons. The first-order valence-corrected chi connectivity index (χ1v) is 5.27. The van der Waals surface area contributed by atoms with Crippen LogP contribution < -0.4 is 5.73 Å². The summed E-state index contributed by atoms with van der Waals surface area (Å²) >= 11 is 11.6. The molecule has 0 saturated carbocycles. The zero-order valence-electron chi connectivity index (χ0n) is 9.04. The highest BCUT2D eigenvalue weighted by molar-refractivity contribution is 6.38. The number of nitrogen functional groups attached to an aromatic ring is 1. The van der Waals surface area contributed by atoms with E-state index in [0.29, 0.717) is 16.7 Å². The van der Waals surface area contributed by atoms with Gasteiger partial charge in [0.25, 0.3) is 0 Å². The normalized spacial score (nSPS) is 9.75. The smallest absolute Gasteiger partial charge is 0.158 e. The largest absolute Gasteiger partial charge is 0.394 e. The van der Waals surface area contributed by atoms with E-state index in [9.17, 15) is 0 Å². The predicted octanol–water partition coefficient (Wildman–Crippen LogP) is 3.05. The van der Waals surface area contributed by atoms with Crippen molar-refractivity contribution in [2.45, 2.75) is 6.92 Å². The van der Waals surface area contributed by atoms with Gasteiger partial charge in [-0.25, -0.2) is 9.97 Å². The van der Waals surface area contributed by atoms with Gasteiger partial charge in [-0.3, -0.25) is 0 Å². The van der Waals surface area contributed by atoms with E-state index in [-0.39, 0.29) is 10.3 Å². The lowest BCUT2D eigenvalue weighted by molar-refractivity contribution is 0.948. The van der Waals surface area contributed by atoms with Crippen LogP contribution in [0.25, 0.3) is 11.0 Å². The van der Waals surface area contributed by atoms with Crippen LogP contribution in [0.1, 0.15) is 6.92 Å². The van der Waals surface area contributed by atoms with Crippen LogP contribution >= 0.6 is 23.2 Å². The number of allylic oxidation sites excluding steroid dienone is 1. The van der Waals surface area contributed by atoms with E-state index < -0.39 is 0 Å². The van der Waals surface area contributed by atoms with Crippen molar-refractivity contribution in [2.75, 3.05) is 5.73 Å². The summed E-state index contributed by atoms with van der Waals surface area (Å²) in [7, 11) is 1.82. The van der Waals surface area contributed by atoms with E-state index in [1.807, 2.05) is 14.0 Å². The highest BCUT2D eigenvalue weighted by Crippen LogP contribution is 2.29. The Kier molecular flexibility index (Phi) is 4.15. The molecule has 0 bridgehead atoms. The SMILES string of the molecule is C=CC.Cn1cnc2c(Cl)nc(Cl)c(N)c21. The maximum Gasteiger partial charge on any atom is 0.158 e. The molecule has 4 nitrogen and oxygen atoms in total. The van der Waals surface area contributed by atoms with Crippen molar-refractivity contribution < 1.29 is 0 Å². The Morgan fingerprint density at radius 2 is 2.00 bits per heavy atom. The Balaban J connectivity index is 0.000000386. The molecule has 0 aliphatic carbocycles. The molecule has 0 unspecified atom stereocenters. The molecule has 2 rings (SSSR count). The zero-order chi connectivity index (χ0) is 12.3. The molecule has 6 heteroatoms. The Labute approximate surface area is 104 Å². The summed E-state index contributed by atoms with van der Waals surface area (Å²) in [6.45, 7) is 5.25. The summed E-state index contributed by atoms with van der Waals surface area (Å²) in [5.41, 5.74) is 7.41. The van der Waals surface area contributed by atoms with Crippen molar-refractivity contribution >= 4 is 39.9 Å². The standard InChI is InChI=1S/C7H6Cl2N4.C3H6/c1-13-2-11-4-5(13)3(10)6(8)12-7(4)9;1-3-2/h2H,10H2,1H3;3H,1H2,2H3. The Morgan fingerprint density at radius 3 is 2.56 bits per heavy atom. The van der Waals surface area contributed by atoms with E-state index in [1.54, 1.807) is 17.0 Å². The monoisotopic (exact) mass is 258 g/mol. The van der Waals surface area contributed by atoms with E-state index in [4.69, 9.17) is 28.9 Å². The Morgan fingerprint density at radius 1 is 1.44 bits per heavy atom. The number of rotatable bonds is 0. The van der Waals surface area contributed by atoms with Crippen molar-refractivity contribution in [3.63, 3.8) is 0 Å². The molecule has 0 saturated heterocycles. The number of anilines is 1. The lowest BCUT2D eigenvalue weighted by atomic mass is 10.3. The van der Waals surface area contributed by atoms with Crippen molar-refractivity contribution in [1.29, 1.82) is 0 Å². The number of halogens is 2. The molecule has 16 heavy (non-hydrogen) atoms. The molecule has 0 atom stereocenters. The summed E-state index contributed by atoms with van der Waals surface area (Å²) in [6, 6.07) is 0. The summed E-state index contributed by atoms with van der Waals surface area (Å²) in [6.07, 6.45) is 3.37. The van der Waals surface area contributed by atoms with Crippen LogP contribution in [0.15, 0.2) is 19.0 Å². The minimum absolute atomic E-state index is 0.209. The lowest BCUT2D eigenvalue weighted by Gasteiger charge is -2.02. The van der Waals surface area contributed by atoms with E-state index in [1.165, 1.54) is 0 Å². The van der Waals surface area contributed by atoms with Crippen molar-refractivity contribution in [1.82, 2.24) is 14.5 Å². The minimum Gasteiger partial charge on any atom is -0.394 e. The average molecular weight is 259 g/mol. The van der Waals surface area contributed by atoms with E-state index in [2.05, 4.69) is 16.5 Å². The van der Waals surface area contributed by atoms with Crippen molar-refractivity contribution in [3.05, 3.63) is 29.3 Å². The van der Waals surface area contributed by atoms with Crippen molar-refractivity contribution in [3.8, 4) is 0 Å². The van der Waals surface area contributed by atoms with Gasteiger partial charge in [-0.2, -0.15) is 0 Å². The summed E-state index contributed by atoms with van der Waals surface area (Å²) in [4.78, 5) is 7.89. The van der Waals surface area contributed by atoms with Gasteiger partial charge >= 0.3 is 0 Å². The second-order valence-electron chi connectivity index (χ2n) is 3.07. The Hall–Kier alpha value is -1.26. The number of aryl methyl sites for hydroxylation is 1. The van der Waals surface area contributed by atoms with Gasteiger partial charge in [-0.15, -0.1) is 6.58 Å². The van der Waals surface area contributed by atoms with Gasteiger partial charge in [0.1, 0.15) is 5.52 Å². The van der Waals surface area contributed by atoms with Gasteiger partial charge in [0.15, 0.2) is 10.3 Å².